The Morgan fingerprint density at radius 1 is 1.24 bits per heavy atom. The molecule has 3 heterocycles. The van der Waals surface area contributed by atoms with Crippen LogP contribution in [0.15, 0.2) is 40.2 Å². The Labute approximate surface area is 200 Å². The third-order valence-electron chi connectivity index (χ3n) is 5.83. The summed E-state index contributed by atoms with van der Waals surface area (Å²) in [7, 11) is 0. The van der Waals surface area contributed by atoms with Gasteiger partial charge in [-0.05, 0) is 67.8 Å². The van der Waals surface area contributed by atoms with Crippen molar-refractivity contribution in [3.05, 3.63) is 45.8 Å². The molecule has 0 amide bonds. The molecule has 2 fully saturated rings. The molecule has 2 saturated heterocycles. The summed E-state index contributed by atoms with van der Waals surface area (Å²) in [5, 5.41) is 7.82. The van der Waals surface area contributed by atoms with Crippen LogP contribution in [0.5, 0.6) is 5.75 Å². The van der Waals surface area contributed by atoms with E-state index in [1.54, 1.807) is 30.3 Å². The minimum Gasteiger partial charge on any atom is -0.435 e. The predicted octanol–water partition coefficient (Wildman–Crippen LogP) is 4.68. The minimum atomic E-state index is -2.83. The quantitative estimate of drug-likeness (QED) is 0.528. The monoisotopic (exact) mass is 500 g/mol. The first-order valence-corrected chi connectivity index (χ1v) is 12.2. The first-order valence-electron chi connectivity index (χ1n) is 11.1. The second-order valence-electron chi connectivity index (χ2n) is 8.19. The summed E-state index contributed by atoms with van der Waals surface area (Å²) in [6.45, 7) is 0.934. The Bertz CT molecular complexity index is 965. The summed E-state index contributed by atoms with van der Waals surface area (Å²) in [4.78, 5) is 13.8. The molecule has 33 heavy (non-hydrogen) atoms. The van der Waals surface area contributed by atoms with Crippen LogP contribution in [-0.4, -0.2) is 53.5 Å². The second kappa shape index (κ2) is 11.5. The number of benzene rings is 1. The second-order valence-corrected chi connectivity index (χ2v) is 9.74. The highest BCUT2D eigenvalue weighted by Gasteiger charge is 2.24. The van der Waals surface area contributed by atoms with E-state index in [-0.39, 0.29) is 22.4 Å². The van der Waals surface area contributed by atoms with E-state index >= 15 is 0 Å². The summed E-state index contributed by atoms with van der Waals surface area (Å²) >= 11 is 7.93. The molecule has 0 aliphatic carbocycles. The van der Waals surface area contributed by atoms with Gasteiger partial charge >= 0.3 is 6.61 Å². The molecule has 1 aromatic heterocycles. The number of aromatic nitrogens is 2. The van der Waals surface area contributed by atoms with E-state index in [1.807, 2.05) is 0 Å². The maximum atomic E-state index is 12.8. The average molecular weight is 501 g/mol. The lowest BCUT2D eigenvalue weighted by atomic mass is 10.0. The van der Waals surface area contributed by atoms with Gasteiger partial charge in [0.05, 0.1) is 24.5 Å². The van der Waals surface area contributed by atoms with Crippen LogP contribution < -0.4 is 15.6 Å². The summed E-state index contributed by atoms with van der Waals surface area (Å²) in [5.41, 5.74) is 0.290. The van der Waals surface area contributed by atoms with E-state index < -0.39 is 6.61 Å². The van der Waals surface area contributed by atoms with Crippen LogP contribution >= 0.6 is 23.5 Å². The summed E-state index contributed by atoms with van der Waals surface area (Å²) in [6.07, 6.45) is 5.30. The van der Waals surface area contributed by atoms with Gasteiger partial charge in [0.15, 0.2) is 0 Å². The van der Waals surface area contributed by atoms with Crippen LogP contribution in [0.3, 0.4) is 0 Å². The number of halogens is 3. The zero-order valence-electron chi connectivity index (χ0n) is 18.1. The Morgan fingerprint density at radius 2 is 2.00 bits per heavy atom. The zero-order valence-corrected chi connectivity index (χ0v) is 19.7. The number of ether oxygens (including phenoxy) is 2. The van der Waals surface area contributed by atoms with Crippen LogP contribution in [-0.2, 0) is 4.74 Å². The first-order chi connectivity index (χ1) is 16.0. The number of anilines is 1. The maximum Gasteiger partial charge on any atom is 0.387 e. The molecule has 0 bridgehead atoms. The number of hydrogen-bond acceptors (Lipinski definition) is 7. The van der Waals surface area contributed by atoms with Gasteiger partial charge in [0, 0.05) is 31.1 Å². The third kappa shape index (κ3) is 6.59. The number of hydrogen-bond donors (Lipinski definition) is 1. The highest BCUT2D eigenvalue weighted by Crippen LogP contribution is 2.31. The molecule has 2 aromatic rings. The standard InChI is InChI=1S/C22H27ClF2N4O3S/c23-20-19(26-12-15-2-1-11-31-14-15)13-27-29(21(20)30)16-7-9-28(10-8-16)33-18-5-3-17(4-6-18)32-22(24)25/h3-6,13,15-16,22,26H,1-2,7-12,14H2. The van der Waals surface area contributed by atoms with E-state index in [0.717, 1.165) is 56.9 Å². The van der Waals surface area contributed by atoms with Crippen molar-refractivity contribution >= 4 is 29.2 Å². The Balaban J connectivity index is 1.30. The topological polar surface area (TPSA) is 68.6 Å². The molecule has 2 aliphatic heterocycles. The van der Waals surface area contributed by atoms with E-state index in [2.05, 4.69) is 19.5 Å². The fourth-order valence-electron chi connectivity index (χ4n) is 4.06. The van der Waals surface area contributed by atoms with Crippen LogP contribution in [0, 0.1) is 5.92 Å². The van der Waals surface area contributed by atoms with Gasteiger partial charge in [0.25, 0.3) is 5.56 Å². The number of piperidine rings is 1. The van der Waals surface area contributed by atoms with Gasteiger partial charge in [-0.15, -0.1) is 0 Å². The van der Waals surface area contributed by atoms with Crippen LogP contribution in [0.25, 0.3) is 0 Å². The highest BCUT2D eigenvalue weighted by atomic mass is 35.5. The largest absolute Gasteiger partial charge is 0.435 e. The Hall–Kier alpha value is -1.88. The van der Waals surface area contributed by atoms with E-state index in [9.17, 15) is 13.6 Å². The van der Waals surface area contributed by atoms with Gasteiger partial charge in [0.1, 0.15) is 10.8 Å². The van der Waals surface area contributed by atoms with Gasteiger partial charge in [-0.1, -0.05) is 11.6 Å². The molecule has 180 valence electrons. The van der Waals surface area contributed by atoms with Gasteiger partial charge in [0.2, 0.25) is 0 Å². The number of alkyl halides is 2. The van der Waals surface area contributed by atoms with Crippen molar-refractivity contribution < 1.29 is 18.3 Å². The van der Waals surface area contributed by atoms with Gasteiger partial charge in [-0.25, -0.2) is 8.99 Å². The SMILES string of the molecule is O=c1c(Cl)c(NCC2CCCOC2)cnn1C1CCN(Sc2ccc(OC(F)F)cc2)CC1. The average Bonchev–Trinajstić information content (AvgIpc) is 2.82. The minimum absolute atomic E-state index is 0.0190. The molecule has 0 spiro atoms. The van der Waals surface area contributed by atoms with Crippen molar-refractivity contribution in [1.82, 2.24) is 14.1 Å². The van der Waals surface area contributed by atoms with Crippen molar-refractivity contribution in [2.75, 3.05) is 38.2 Å². The van der Waals surface area contributed by atoms with Gasteiger partial charge < -0.3 is 14.8 Å². The van der Waals surface area contributed by atoms with Crippen molar-refractivity contribution in [2.45, 2.75) is 43.2 Å². The summed E-state index contributed by atoms with van der Waals surface area (Å²) in [6, 6.07) is 6.55. The van der Waals surface area contributed by atoms with Gasteiger partial charge in [-0.3, -0.25) is 4.79 Å². The maximum absolute atomic E-state index is 12.8. The molecule has 1 atom stereocenters. The smallest absolute Gasteiger partial charge is 0.387 e. The normalized spacial score (nSPS) is 20.2. The zero-order chi connectivity index (χ0) is 23.2. The van der Waals surface area contributed by atoms with Gasteiger partial charge in [-0.2, -0.15) is 13.9 Å². The van der Waals surface area contributed by atoms with Crippen molar-refractivity contribution in [3.63, 3.8) is 0 Å². The Kier molecular flexibility index (Phi) is 8.45. The molecule has 4 rings (SSSR count). The highest BCUT2D eigenvalue weighted by molar-refractivity contribution is 7.97. The number of rotatable bonds is 8. The van der Waals surface area contributed by atoms with Crippen LogP contribution in [0.2, 0.25) is 5.02 Å². The molecular formula is C22H27ClF2N4O3S. The Morgan fingerprint density at radius 3 is 2.67 bits per heavy atom. The molecule has 7 nitrogen and oxygen atoms in total. The lowest BCUT2D eigenvalue weighted by Gasteiger charge is -2.31. The van der Waals surface area contributed by atoms with Crippen molar-refractivity contribution in [3.8, 4) is 5.75 Å². The lowest BCUT2D eigenvalue weighted by molar-refractivity contribution is -0.0498. The fourth-order valence-corrected chi connectivity index (χ4v) is 5.21. The predicted molar refractivity (Wildman–Crippen MR) is 124 cm³/mol. The molecule has 11 heteroatoms. The van der Waals surface area contributed by atoms with Crippen molar-refractivity contribution in [2.24, 2.45) is 5.92 Å². The fraction of sp³-hybridized carbons (Fsp3) is 0.545. The van der Waals surface area contributed by atoms with E-state index in [1.165, 1.54) is 16.8 Å². The van der Waals surface area contributed by atoms with E-state index in [0.29, 0.717) is 18.2 Å². The van der Waals surface area contributed by atoms with Crippen LogP contribution in [0.1, 0.15) is 31.7 Å². The molecule has 1 unspecified atom stereocenters. The summed E-state index contributed by atoms with van der Waals surface area (Å²) < 4.78 is 38.1. The first kappa shape index (κ1) is 24.3. The molecule has 1 aromatic carbocycles. The lowest BCUT2D eigenvalue weighted by Crippen LogP contribution is -2.36. The van der Waals surface area contributed by atoms with Crippen LogP contribution in [0.4, 0.5) is 14.5 Å². The molecule has 2 aliphatic rings. The third-order valence-corrected chi connectivity index (χ3v) is 7.30. The van der Waals surface area contributed by atoms with E-state index in [4.69, 9.17) is 16.3 Å². The summed E-state index contributed by atoms with van der Waals surface area (Å²) in [5.74, 6) is 0.549. The molecule has 1 N–H and O–H groups in total. The molecular weight excluding hydrogens is 474 g/mol. The number of nitrogens with zero attached hydrogens (tertiary/aromatic N) is 3. The molecule has 0 radical (unpaired) electrons. The molecule has 0 saturated carbocycles. The van der Waals surface area contributed by atoms with Crippen molar-refractivity contribution in [1.29, 1.82) is 0 Å². The number of nitrogens with one attached hydrogen (secondary N) is 1.